The van der Waals surface area contributed by atoms with Crippen LogP contribution in [-0.2, 0) is 4.74 Å². The van der Waals surface area contributed by atoms with Crippen LogP contribution >= 0.6 is 0 Å². The van der Waals surface area contributed by atoms with Gasteiger partial charge in [-0.3, -0.25) is 4.90 Å². The van der Waals surface area contributed by atoms with Gasteiger partial charge in [-0.1, -0.05) is 0 Å². The van der Waals surface area contributed by atoms with Crippen molar-refractivity contribution in [3.8, 4) is 0 Å². The molecule has 2 heterocycles. The fourth-order valence-electron chi connectivity index (χ4n) is 2.80. The molecule has 2 N–H and O–H groups in total. The topological polar surface area (TPSA) is 58.8 Å². The summed E-state index contributed by atoms with van der Waals surface area (Å²) in [6.07, 6.45) is 3.07. The zero-order valence-electron chi connectivity index (χ0n) is 12.4. The normalized spacial score (nSPS) is 26.7. The number of ether oxygens (including phenoxy) is 1. The molecule has 1 amide bonds. The third kappa shape index (κ3) is 4.08. The molecule has 0 aromatic heterocycles. The van der Waals surface area contributed by atoms with Crippen molar-refractivity contribution in [3.63, 3.8) is 0 Å². The number of carbonyl (C=O) groups is 1. The summed E-state index contributed by atoms with van der Waals surface area (Å²) in [7, 11) is 0. The third-order valence-corrected chi connectivity index (χ3v) is 3.80. The highest BCUT2D eigenvalue weighted by atomic mass is 16.6. The van der Waals surface area contributed by atoms with Gasteiger partial charge in [-0.15, -0.1) is 0 Å². The fraction of sp³-hybridized carbons (Fsp3) is 0.929. The smallest absolute Gasteiger partial charge is 0.410 e. The molecule has 2 fully saturated rings. The minimum atomic E-state index is -0.410. The Morgan fingerprint density at radius 3 is 2.47 bits per heavy atom. The number of rotatable bonds is 1. The molecule has 2 aliphatic heterocycles. The van der Waals surface area contributed by atoms with Crippen molar-refractivity contribution in [2.45, 2.75) is 57.7 Å². The quantitative estimate of drug-likeness (QED) is 0.782. The highest BCUT2D eigenvalue weighted by Crippen LogP contribution is 2.22. The lowest BCUT2D eigenvalue weighted by molar-refractivity contribution is 0.0246. The van der Waals surface area contributed by atoms with Crippen LogP contribution in [0, 0.1) is 0 Å². The molecule has 5 nitrogen and oxygen atoms in total. The summed E-state index contributed by atoms with van der Waals surface area (Å²) in [4.78, 5) is 16.3. The van der Waals surface area contributed by atoms with Crippen molar-refractivity contribution in [1.82, 2.24) is 9.80 Å². The van der Waals surface area contributed by atoms with Gasteiger partial charge in [0.15, 0.2) is 0 Å². The Hall–Kier alpha value is -0.810. The van der Waals surface area contributed by atoms with Crippen LogP contribution in [0.15, 0.2) is 0 Å². The number of nitrogens with two attached hydrogens (primary N) is 1. The second-order valence-electron chi connectivity index (χ2n) is 6.77. The Kier molecular flexibility index (Phi) is 4.36. The van der Waals surface area contributed by atoms with E-state index in [1.165, 1.54) is 0 Å². The average molecular weight is 269 g/mol. The zero-order valence-corrected chi connectivity index (χ0v) is 12.4. The lowest BCUT2D eigenvalue weighted by atomic mass is 10.0. The largest absolute Gasteiger partial charge is 0.444 e. The number of amides is 1. The lowest BCUT2D eigenvalue weighted by Gasteiger charge is -2.42. The number of carbonyl (C=O) groups excluding carboxylic acids is 1. The summed E-state index contributed by atoms with van der Waals surface area (Å²) in [5.74, 6) is 0. The summed E-state index contributed by atoms with van der Waals surface area (Å²) in [6, 6.07) is 0.942. The van der Waals surface area contributed by atoms with Crippen LogP contribution in [0.4, 0.5) is 4.79 Å². The predicted molar refractivity (Wildman–Crippen MR) is 75.0 cm³/mol. The van der Waals surface area contributed by atoms with Gasteiger partial charge >= 0.3 is 6.09 Å². The first-order valence-corrected chi connectivity index (χ1v) is 7.33. The molecule has 0 aliphatic carbocycles. The molecule has 2 saturated heterocycles. The van der Waals surface area contributed by atoms with Crippen molar-refractivity contribution in [3.05, 3.63) is 0 Å². The zero-order chi connectivity index (χ0) is 14.0. The summed E-state index contributed by atoms with van der Waals surface area (Å²) < 4.78 is 5.44. The van der Waals surface area contributed by atoms with E-state index in [1.54, 1.807) is 0 Å². The molecule has 1 atom stereocenters. The molecular weight excluding hydrogens is 242 g/mol. The maximum Gasteiger partial charge on any atom is 0.410 e. The van der Waals surface area contributed by atoms with E-state index in [-0.39, 0.29) is 6.09 Å². The Morgan fingerprint density at radius 2 is 1.89 bits per heavy atom. The number of hydrogen-bond donors (Lipinski definition) is 1. The van der Waals surface area contributed by atoms with E-state index in [4.69, 9.17) is 10.5 Å². The van der Waals surface area contributed by atoms with Gasteiger partial charge in [0.1, 0.15) is 5.60 Å². The molecule has 0 aromatic rings. The molecule has 0 bridgehead atoms. The van der Waals surface area contributed by atoms with Crippen molar-refractivity contribution in [2.24, 2.45) is 5.73 Å². The van der Waals surface area contributed by atoms with Gasteiger partial charge in [-0.2, -0.15) is 0 Å². The van der Waals surface area contributed by atoms with Crippen LogP contribution in [-0.4, -0.2) is 59.8 Å². The highest BCUT2D eigenvalue weighted by Gasteiger charge is 2.32. The van der Waals surface area contributed by atoms with Gasteiger partial charge in [0, 0.05) is 38.3 Å². The predicted octanol–water partition coefficient (Wildman–Crippen LogP) is 1.42. The summed E-state index contributed by atoms with van der Waals surface area (Å²) in [6.45, 7) is 9.36. The summed E-state index contributed by atoms with van der Waals surface area (Å²) in [5, 5.41) is 0. The molecule has 1 unspecified atom stereocenters. The Bertz CT molecular complexity index is 321. The SMILES string of the molecule is CC(C)(C)OC(=O)N1CCCC(N2CC(N)C2)CC1. The van der Waals surface area contributed by atoms with E-state index < -0.39 is 5.60 Å². The lowest BCUT2D eigenvalue weighted by Crippen LogP contribution is -2.59. The van der Waals surface area contributed by atoms with Gasteiger partial charge < -0.3 is 15.4 Å². The van der Waals surface area contributed by atoms with Gasteiger partial charge in [0.05, 0.1) is 0 Å². The van der Waals surface area contributed by atoms with E-state index in [0.717, 1.165) is 45.4 Å². The van der Waals surface area contributed by atoms with E-state index in [2.05, 4.69) is 4.90 Å². The standard InChI is InChI=1S/C14H27N3O2/c1-14(2,3)19-13(18)16-7-4-5-12(6-8-16)17-9-11(15)10-17/h11-12H,4-10,15H2,1-3H3. The van der Waals surface area contributed by atoms with Crippen LogP contribution in [0.5, 0.6) is 0 Å². The molecule has 19 heavy (non-hydrogen) atoms. The number of likely N-dealkylation sites (tertiary alicyclic amines) is 2. The van der Waals surface area contributed by atoms with Crippen LogP contribution in [0.1, 0.15) is 40.0 Å². The maximum absolute atomic E-state index is 12.0. The molecule has 5 heteroatoms. The highest BCUT2D eigenvalue weighted by molar-refractivity contribution is 5.68. The van der Waals surface area contributed by atoms with Crippen molar-refractivity contribution >= 4 is 6.09 Å². The van der Waals surface area contributed by atoms with Gasteiger partial charge in [-0.05, 0) is 40.0 Å². The molecule has 2 rings (SSSR count). The van der Waals surface area contributed by atoms with E-state index >= 15 is 0 Å². The Labute approximate surface area is 116 Å². The van der Waals surface area contributed by atoms with Gasteiger partial charge in [-0.25, -0.2) is 4.79 Å². The minimum absolute atomic E-state index is 0.173. The van der Waals surface area contributed by atoms with Crippen LogP contribution < -0.4 is 5.73 Å². The van der Waals surface area contributed by atoms with Gasteiger partial charge in [0.25, 0.3) is 0 Å². The summed E-state index contributed by atoms with van der Waals surface area (Å²) >= 11 is 0. The summed E-state index contributed by atoms with van der Waals surface area (Å²) in [5.41, 5.74) is 5.42. The van der Waals surface area contributed by atoms with E-state index in [1.807, 2.05) is 25.7 Å². The van der Waals surface area contributed by atoms with Crippen LogP contribution in [0.3, 0.4) is 0 Å². The Balaban J connectivity index is 1.81. The van der Waals surface area contributed by atoms with Gasteiger partial charge in [0.2, 0.25) is 0 Å². The second-order valence-corrected chi connectivity index (χ2v) is 6.77. The first-order valence-electron chi connectivity index (χ1n) is 7.33. The molecule has 0 spiro atoms. The number of nitrogens with zero attached hydrogens (tertiary/aromatic N) is 2. The monoisotopic (exact) mass is 269 g/mol. The minimum Gasteiger partial charge on any atom is -0.444 e. The van der Waals surface area contributed by atoms with E-state index in [0.29, 0.717) is 12.1 Å². The van der Waals surface area contributed by atoms with Crippen molar-refractivity contribution in [2.75, 3.05) is 26.2 Å². The fourth-order valence-corrected chi connectivity index (χ4v) is 2.80. The second kappa shape index (κ2) is 5.67. The molecule has 110 valence electrons. The van der Waals surface area contributed by atoms with Crippen molar-refractivity contribution < 1.29 is 9.53 Å². The number of hydrogen-bond acceptors (Lipinski definition) is 4. The molecule has 0 aromatic carbocycles. The van der Waals surface area contributed by atoms with Crippen molar-refractivity contribution in [1.29, 1.82) is 0 Å². The van der Waals surface area contributed by atoms with Crippen LogP contribution in [0.2, 0.25) is 0 Å². The molecular formula is C14H27N3O2. The molecule has 2 aliphatic rings. The maximum atomic E-state index is 12.0. The van der Waals surface area contributed by atoms with Crippen LogP contribution in [0.25, 0.3) is 0 Å². The first-order chi connectivity index (χ1) is 8.85. The first kappa shape index (κ1) is 14.6. The third-order valence-electron chi connectivity index (χ3n) is 3.80. The molecule has 0 radical (unpaired) electrons. The molecule has 0 saturated carbocycles. The Morgan fingerprint density at radius 1 is 1.21 bits per heavy atom. The average Bonchev–Trinajstić information content (AvgIpc) is 2.47. The van der Waals surface area contributed by atoms with E-state index in [9.17, 15) is 4.79 Å².